The number of benzene rings is 2. The summed E-state index contributed by atoms with van der Waals surface area (Å²) in [5, 5.41) is 17.4. The van der Waals surface area contributed by atoms with Gasteiger partial charge in [0.25, 0.3) is 5.91 Å². The minimum absolute atomic E-state index is 0.00390. The van der Waals surface area contributed by atoms with Crippen LogP contribution in [0.5, 0.6) is 0 Å². The molecule has 8 heteroatoms. The maximum atomic E-state index is 12.8. The SMILES string of the molecule is CC(C)N(Cc1ccccc1)C(=O)/C(C#N)=C\NCc1ccc(S(N)(=O)=O)cc1. The van der Waals surface area contributed by atoms with E-state index in [1.165, 1.54) is 18.3 Å². The van der Waals surface area contributed by atoms with E-state index < -0.39 is 10.0 Å². The number of primary sulfonamides is 1. The summed E-state index contributed by atoms with van der Waals surface area (Å²) in [4.78, 5) is 14.5. The number of sulfonamides is 1. The summed E-state index contributed by atoms with van der Waals surface area (Å²) in [5.74, 6) is -0.358. The van der Waals surface area contributed by atoms with Gasteiger partial charge in [-0.15, -0.1) is 0 Å². The molecule has 0 heterocycles. The first-order chi connectivity index (χ1) is 13.7. The second-order valence-corrected chi connectivity index (χ2v) is 8.31. The Balaban J connectivity index is 2.07. The predicted molar refractivity (Wildman–Crippen MR) is 110 cm³/mol. The zero-order valence-electron chi connectivity index (χ0n) is 16.4. The molecule has 1 amide bonds. The van der Waals surface area contributed by atoms with Crippen molar-refractivity contribution in [1.29, 1.82) is 5.26 Å². The number of nitrogens with two attached hydrogens (primary N) is 1. The van der Waals surface area contributed by atoms with Crippen molar-refractivity contribution in [2.24, 2.45) is 5.14 Å². The standard InChI is InChI=1S/C21H24N4O3S/c1-16(2)25(15-18-6-4-3-5-7-18)21(26)19(12-22)14-24-13-17-8-10-20(11-9-17)29(23,27)28/h3-11,14,16,24H,13,15H2,1-2H3,(H2,23,27,28)/b19-14-. The van der Waals surface area contributed by atoms with Gasteiger partial charge >= 0.3 is 0 Å². The lowest BCUT2D eigenvalue weighted by Crippen LogP contribution is -2.37. The van der Waals surface area contributed by atoms with E-state index >= 15 is 0 Å². The summed E-state index contributed by atoms with van der Waals surface area (Å²) in [6.07, 6.45) is 1.39. The van der Waals surface area contributed by atoms with E-state index in [0.29, 0.717) is 13.1 Å². The van der Waals surface area contributed by atoms with Crippen LogP contribution in [0.1, 0.15) is 25.0 Å². The average Bonchev–Trinajstić information content (AvgIpc) is 2.69. The molecule has 152 valence electrons. The second kappa shape index (κ2) is 9.87. The molecule has 2 rings (SSSR count). The van der Waals surface area contributed by atoms with Gasteiger partial charge in [0.2, 0.25) is 10.0 Å². The van der Waals surface area contributed by atoms with E-state index in [4.69, 9.17) is 5.14 Å². The third kappa shape index (κ3) is 6.45. The summed E-state index contributed by atoms with van der Waals surface area (Å²) in [5.41, 5.74) is 1.76. The number of amides is 1. The van der Waals surface area contributed by atoms with Gasteiger partial charge in [0.05, 0.1) is 4.90 Å². The maximum Gasteiger partial charge on any atom is 0.266 e. The van der Waals surface area contributed by atoms with Crippen molar-refractivity contribution in [3.8, 4) is 6.07 Å². The Bertz CT molecular complexity index is 1010. The van der Waals surface area contributed by atoms with Crippen LogP contribution < -0.4 is 10.5 Å². The van der Waals surface area contributed by atoms with Crippen LogP contribution >= 0.6 is 0 Å². The fraction of sp³-hybridized carbons (Fsp3) is 0.238. The molecule has 0 aromatic heterocycles. The summed E-state index contributed by atoms with van der Waals surface area (Å²) in [7, 11) is -3.74. The van der Waals surface area contributed by atoms with Gasteiger partial charge in [-0.1, -0.05) is 42.5 Å². The number of hydrogen-bond donors (Lipinski definition) is 2. The molecule has 0 atom stereocenters. The van der Waals surface area contributed by atoms with Crippen LogP contribution in [-0.4, -0.2) is 25.3 Å². The van der Waals surface area contributed by atoms with Crippen LogP contribution in [-0.2, 0) is 27.9 Å². The summed E-state index contributed by atoms with van der Waals surface area (Å²) in [6.45, 7) is 4.53. The molecule has 0 aliphatic heterocycles. The molecular formula is C21H24N4O3S. The number of nitriles is 1. The minimum Gasteiger partial charge on any atom is -0.386 e. The van der Waals surface area contributed by atoms with Gasteiger partial charge in [-0.3, -0.25) is 4.79 Å². The molecule has 0 saturated carbocycles. The van der Waals surface area contributed by atoms with Crippen LogP contribution in [0.15, 0.2) is 71.3 Å². The van der Waals surface area contributed by atoms with Crippen molar-refractivity contribution in [2.75, 3.05) is 0 Å². The number of hydrogen-bond acceptors (Lipinski definition) is 5. The first-order valence-corrected chi connectivity index (χ1v) is 10.6. The zero-order chi connectivity index (χ0) is 21.4. The molecule has 0 fully saturated rings. The van der Waals surface area contributed by atoms with Crippen molar-refractivity contribution < 1.29 is 13.2 Å². The van der Waals surface area contributed by atoms with Crippen molar-refractivity contribution in [3.63, 3.8) is 0 Å². The molecule has 0 unspecified atom stereocenters. The Morgan fingerprint density at radius 2 is 1.76 bits per heavy atom. The van der Waals surface area contributed by atoms with Crippen molar-refractivity contribution in [1.82, 2.24) is 10.2 Å². The fourth-order valence-electron chi connectivity index (χ4n) is 2.63. The maximum absolute atomic E-state index is 12.8. The molecule has 2 aromatic carbocycles. The quantitative estimate of drug-likeness (QED) is 0.510. The molecule has 0 aliphatic carbocycles. The molecule has 0 bridgehead atoms. The summed E-state index contributed by atoms with van der Waals surface area (Å²) in [6, 6.07) is 17.5. The fourth-order valence-corrected chi connectivity index (χ4v) is 3.15. The first kappa shape index (κ1) is 22.1. The smallest absolute Gasteiger partial charge is 0.266 e. The highest BCUT2D eigenvalue weighted by Crippen LogP contribution is 2.12. The van der Waals surface area contributed by atoms with E-state index in [0.717, 1.165) is 11.1 Å². The Morgan fingerprint density at radius 3 is 2.28 bits per heavy atom. The van der Waals surface area contributed by atoms with E-state index in [1.54, 1.807) is 17.0 Å². The first-order valence-electron chi connectivity index (χ1n) is 9.02. The van der Waals surface area contributed by atoms with Crippen LogP contribution in [0, 0.1) is 11.3 Å². The zero-order valence-corrected chi connectivity index (χ0v) is 17.2. The topological polar surface area (TPSA) is 116 Å². The summed E-state index contributed by atoms with van der Waals surface area (Å²) >= 11 is 0. The number of nitrogens with one attached hydrogen (secondary N) is 1. The number of nitrogens with zero attached hydrogens (tertiary/aromatic N) is 2. The van der Waals surface area contributed by atoms with Crippen molar-refractivity contribution in [2.45, 2.75) is 37.9 Å². The molecule has 3 N–H and O–H groups in total. The lowest BCUT2D eigenvalue weighted by Gasteiger charge is -2.26. The predicted octanol–water partition coefficient (Wildman–Crippen LogP) is 2.27. The lowest BCUT2D eigenvalue weighted by molar-refractivity contribution is -0.129. The van der Waals surface area contributed by atoms with Gasteiger partial charge in [-0.25, -0.2) is 13.6 Å². The molecule has 0 saturated heterocycles. The number of carbonyl (C=O) groups is 1. The van der Waals surface area contributed by atoms with Crippen LogP contribution in [0.4, 0.5) is 0 Å². The Morgan fingerprint density at radius 1 is 1.14 bits per heavy atom. The number of rotatable bonds is 8. The minimum atomic E-state index is -3.74. The number of carbonyl (C=O) groups excluding carboxylic acids is 1. The van der Waals surface area contributed by atoms with E-state index in [1.807, 2.05) is 50.2 Å². The van der Waals surface area contributed by atoms with Gasteiger partial charge in [-0.2, -0.15) is 5.26 Å². The average molecular weight is 413 g/mol. The Kier molecular flexibility index (Phi) is 7.53. The highest BCUT2D eigenvalue weighted by atomic mass is 32.2. The summed E-state index contributed by atoms with van der Waals surface area (Å²) < 4.78 is 22.6. The highest BCUT2D eigenvalue weighted by molar-refractivity contribution is 7.89. The van der Waals surface area contributed by atoms with Crippen LogP contribution in [0.3, 0.4) is 0 Å². The van der Waals surface area contributed by atoms with Gasteiger partial charge in [0.15, 0.2) is 0 Å². The molecule has 0 spiro atoms. The molecule has 29 heavy (non-hydrogen) atoms. The highest BCUT2D eigenvalue weighted by Gasteiger charge is 2.21. The van der Waals surface area contributed by atoms with Crippen LogP contribution in [0.2, 0.25) is 0 Å². The van der Waals surface area contributed by atoms with Gasteiger partial charge < -0.3 is 10.2 Å². The van der Waals surface area contributed by atoms with Crippen molar-refractivity contribution >= 4 is 15.9 Å². The van der Waals surface area contributed by atoms with Gasteiger partial charge in [-0.05, 0) is 37.1 Å². The third-order valence-electron chi connectivity index (χ3n) is 4.24. The van der Waals surface area contributed by atoms with Gasteiger partial charge in [0.1, 0.15) is 11.6 Å². The third-order valence-corrected chi connectivity index (χ3v) is 5.16. The molecule has 2 aromatic rings. The van der Waals surface area contributed by atoms with E-state index in [2.05, 4.69) is 5.32 Å². The lowest BCUT2D eigenvalue weighted by atomic mass is 10.1. The molecule has 0 aliphatic rings. The Hall–Kier alpha value is -3.15. The molecule has 0 radical (unpaired) electrons. The van der Waals surface area contributed by atoms with E-state index in [9.17, 15) is 18.5 Å². The molecule has 7 nitrogen and oxygen atoms in total. The van der Waals surface area contributed by atoms with Crippen molar-refractivity contribution in [3.05, 3.63) is 77.5 Å². The Labute approximate surface area is 171 Å². The molecular weight excluding hydrogens is 388 g/mol. The largest absolute Gasteiger partial charge is 0.386 e. The van der Waals surface area contributed by atoms with Crippen LogP contribution in [0.25, 0.3) is 0 Å². The normalized spacial score (nSPS) is 11.8. The van der Waals surface area contributed by atoms with Gasteiger partial charge in [0, 0.05) is 25.3 Å². The van der Waals surface area contributed by atoms with E-state index in [-0.39, 0.29) is 22.4 Å². The monoisotopic (exact) mass is 412 g/mol. The second-order valence-electron chi connectivity index (χ2n) is 6.75.